The van der Waals surface area contributed by atoms with Crippen molar-refractivity contribution in [2.75, 3.05) is 19.0 Å². The average Bonchev–Trinajstić information content (AvgIpc) is 2.52. The van der Waals surface area contributed by atoms with Crippen LogP contribution in [0, 0.1) is 6.92 Å². The molecule has 0 amide bonds. The Morgan fingerprint density at radius 1 is 1.30 bits per heavy atom. The SMILES string of the molecule is C=C(C)C(=O)OCCCCCCSc1ncc(C)c(OCC)n1. The maximum absolute atomic E-state index is 11.2. The minimum Gasteiger partial charge on any atom is -0.478 e. The van der Waals surface area contributed by atoms with Crippen LogP contribution in [0.4, 0.5) is 0 Å². The standard InChI is InChI=1S/C17H26N2O3S/c1-5-21-15-14(4)12-18-17(19-15)23-11-9-7-6-8-10-22-16(20)13(2)3/h12H,2,5-11H2,1,3-4H3. The Balaban J connectivity index is 2.12. The van der Waals surface area contributed by atoms with E-state index < -0.39 is 0 Å². The molecule has 0 unspecified atom stereocenters. The van der Waals surface area contributed by atoms with Crippen LogP contribution in [-0.4, -0.2) is 34.9 Å². The Labute approximate surface area is 142 Å². The van der Waals surface area contributed by atoms with Crippen LogP contribution in [0.3, 0.4) is 0 Å². The fourth-order valence-electron chi connectivity index (χ4n) is 1.77. The number of unbranched alkanes of at least 4 members (excludes halogenated alkanes) is 3. The first-order chi connectivity index (χ1) is 11.0. The van der Waals surface area contributed by atoms with E-state index in [4.69, 9.17) is 9.47 Å². The van der Waals surface area contributed by atoms with Crippen molar-refractivity contribution in [3.63, 3.8) is 0 Å². The van der Waals surface area contributed by atoms with E-state index in [1.165, 1.54) is 0 Å². The summed E-state index contributed by atoms with van der Waals surface area (Å²) in [6, 6.07) is 0. The number of aromatic nitrogens is 2. The van der Waals surface area contributed by atoms with Gasteiger partial charge in [0.25, 0.3) is 0 Å². The van der Waals surface area contributed by atoms with E-state index in [0.29, 0.717) is 24.7 Å². The number of carbonyl (C=O) groups is 1. The minimum atomic E-state index is -0.304. The number of esters is 1. The van der Waals surface area contributed by atoms with Gasteiger partial charge in [0, 0.05) is 23.1 Å². The molecule has 5 nitrogen and oxygen atoms in total. The molecule has 0 aliphatic rings. The maximum atomic E-state index is 11.2. The van der Waals surface area contributed by atoms with Crippen molar-refractivity contribution < 1.29 is 14.3 Å². The van der Waals surface area contributed by atoms with E-state index in [2.05, 4.69) is 16.5 Å². The van der Waals surface area contributed by atoms with Crippen molar-refractivity contribution in [2.45, 2.75) is 51.6 Å². The molecule has 0 fully saturated rings. The largest absolute Gasteiger partial charge is 0.478 e. The molecule has 0 aromatic carbocycles. The molecule has 1 aromatic heterocycles. The highest BCUT2D eigenvalue weighted by Gasteiger charge is 2.05. The molecular weight excluding hydrogens is 312 g/mol. The molecule has 128 valence electrons. The molecule has 0 saturated carbocycles. The summed E-state index contributed by atoms with van der Waals surface area (Å²) < 4.78 is 10.5. The molecule has 0 spiro atoms. The number of hydrogen-bond donors (Lipinski definition) is 0. The second-order valence-electron chi connectivity index (χ2n) is 5.25. The summed E-state index contributed by atoms with van der Waals surface area (Å²) in [6.45, 7) is 10.2. The van der Waals surface area contributed by atoms with Gasteiger partial charge in [-0.2, -0.15) is 4.98 Å². The summed E-state index contributed by atoms with van der Waals surface area (Å²) in [5, 5.41) is 0.759. The van der Waals surface area contributed by atoms with Crippen molar-refractivity contribution in [1.82, 2.24) is 9.97 Å². The van der Waals surface area contributed by atoms with Gasteiger partial charge in [-0.3, -0.25) is 0 Å². The molecule has 1 aromatic rings. The minimum absolute atomic E-state index is 0.304. The van der Waals surface area contributed by atoms with Gasteiger partial charge in [0.1, 0.15) is 0 Å². The van der Waals surface area contributed by atoms with Crippen LogP contribution in [0.5, 0.6) is 5.88 Å². The van der Waals surface area contributed by atoms with Crippen LogP contribution >= 0.6 is 11.8 Å². The first-order valence-electron chi connectivity index (χ1n) is 7.96. The van der Waals surface area contributed by atoms with Gasteiger partial charge in [-0.1, -0.05) is 31.2 Å². The zero-order valence-corrected chi connectivity index (χ0v) is 15.1. The lowest BCUT2D eigenvalue weighted by Crippen LogP contribution is -2.06. The van der Waals surface area contributed by atoms with Crippen LogP contribution in [0.15, 0.2) is 23.5 Å². The molecular formula is C17H26N2O3S. The van der Waals surface area contributed by atoms with Gasteiger partial charge in [-0.15, -0.1) is 0 Å². The number of hydrogen-bond acceptors (Lipinski definition) is 6. The lowest BCUT2D eigenvalue weighted by Gasteiger charge is -2.07. The third kappa shape index (κ3) is 8.02. The molecule has 0 atom stereocenters. The smallest absolute Gasteiger partial charge is 0.333 e. The molecule has 0 saturated heterocycles. The van der Waals surface area contributed by atoms with Crippen LogP contribution in [0.1, 0.15) is 45.1 Å². The van der Waals surface area contributed by atoms with Gasteiger partial charge in [0.2, 0.25) is 5.88 Å². The highest BCUT2D eigenvalue weighted by atomic mass is 32.2. The Morgan fingerprint density at radius 2 is 2.04 bits per heavy atom. The molecule has 1 heterocycles. The highest BCUT2D eigenvalue weighted by Crippen LogP contribution is 2.20. The van der Waals surface area contributed by atoms with Crippen LogP contribution < -0.4 is 4.74 Å². The quantitative estimate of drug-likeness (QED) is 0.200. The predicted octanol–water partition coefficient (Wildman–Crippen LogP) is 3.96. The Hall–Kier alpha value is -1.56. The summed E-state index contributed by atoms with van der Waals surface area (Å²) in [5.74, 6) is 1.34. The van der Waals surface area contributed by atoms with Gasteiger partial charge >= 0.3 is 5.97 Å². The molecule has 23 heavy (non-hydrogen) atoms. The first-order valence-corrected chi connectivity index (χ1v) is 8.95. The number of ether oxygens (including phenoxy) is 2. The van der Waals surface area contributed by atoms with Gasteiger partial charge in [-0.05, 0) is 33.6 Å². The fraction of sp³-hybridized carbons (Fsp3) is 0.588. The van der Waals surface area contributed by atoms with E-state index in [1.54, 1.807) is 24.9 Å². The predicted molar refractivity (Wildman–Crippen MR) is 92.9 cm³/mol. The van der Waals surface area contributed by atoms with Crippen molar-refractivity contribution >= 4 is 17.7 Å². The number of thioether (sulfide) groups is 1. The number of nitrogens with zero attached hydrogens (tertiary/aromatic N) is 2. The number of rotatable bonds is 11. The summed E-state index contributed by atoms with van der Waals surface area (Å²) >= 11 is 1.64. The van der Waals surface area contributed by atoms with E-state index in [1.807, 2.05) is 13.8 Å². The second-order valence-corrected chi connectivity index (χ2v) is 6.31. The molecule has 6 heteroatoms. The number of aryl methyl sites for hydroxylation is 1. The summed E-state index contributed by atoms with van der Waals surface area (Å²) in [5.41, 5.74) is 1.41. The highest BCUT2D eigenvalue weighted by molar-refractivity contribution is 7.99. The molecule has 1 rings (SSSR count). The Morgan fingerprint density at radius 3 is 2.74 bits per heavy atom. The average molecular weight is 338 g/mol. The zero-order chi connectivity index (χ0) is 17.1. The molecule has 0 aliphatic heterocycles. The summed E-state index contributed by atoms with van der Waals surface area (Å²) in [7, 11) is 0. The Bertz CT molecular complexity index is 521. The van der Waals surface area contributed by atoms with Gasteiger partial charge < -0.3 is 9.47 Å². The van der Waals surface area contributed by atoms with Crippen molar-refractivity contribution in [1.29, 1.82) is 0 Å². The van der Waals surface area contributed by atoms with Crippen LogP contribution in [0.25, 0.3) is 0 Å². The van der Waals surface area contributed by atoms with Crippen LogP contribution in [0.2, 0.25) is 0 Å². The summed E-state index contributed by atoms with van der Waals surface area (Å²) in [6.07, 6.45) is 5.92. The normalized spacial score (nSPS) is 10.4. The van der Waals surface area contributed by atoms with Gasteiger partial charge in [0.15, 0.2) is 5.16 Å². The van der Waals surface area contributed by atoms with Crippen molar-refractivity contribution in [3.05, 3.63) is 23.9 Å². The van der Waals surface area contributed by atoms with E-state index in [0.717, 1.165) is 42.2 Å². The molecule has 0 aliphatic carbocycles. The second kappa shape index (κ2) is 11.0. The van der Waals surface area contributed by atoms with Crippen molar-refractivity contribution in [3.8, 4) is 5.88 Å². The first kappa shape index (κ1) is 19.5. The van der Waals surface area contributed by atoms with Gasteiger partial charge in [-0.25, -0.2) is 9.78 Å². The zero-order valence-electron chi connectivity index (χ0n) is 14.3. The Kier molecular flexibility index (Phi) is 9.36. The van der Waals surface area contributed by atoms with Gasteiger partial charge in [0.05, 0.1) is 13.2 Å². The van der Waals surface area contributed by atoms with E-state index >= 15 is 0 Å². The lowest BCUT2D eigenvalue weighted by atomic mass is 10.2. The fourth-order valence-corrected chi connectivity index (χ4v) is 2.58. The molecule has 0 radical (unpaired) electrons. The number of carbonyl (C=O) groups excluding carboxylic acids is 1. The molecule has 0 N–H and O–H groups in total. The maximum Gasteiger partial charge on any atom is 0.333 e. The van der Waals surface area contributed by atoms with E-state index in [-0.39, 0.29) is 5.97 Å². The van der Waals surface area contributed by atoms with E-state index in [9.17, 15) is 4.79 Å². The lowest BCUT2D eigenvalue weighted by molar-refractivity contribution is -0.139. The third-order valence-corrected chi connectivity index (χ3v) is 3.98. The molecule has 0 bridgehead atoms. The summed E-state index contributed by atoms with van der Waals surface area (Å²) in [4.78, 5) is 19.9. The van der Waals surface area contributed by atoms with Crippen LogP contribution in [-0.2, 0) is 9.53 Å². The third-order valence-electron chi connectivity index (χ3n) is 3.04. The monoisotopic (exact) mass is 338 g/mol. The topological polar surface area (TPSA) is 61.3 Å². The van der Waals surface area contributed by atoms with Crippen molar-refractivity contribution in [2.24, 2.45) is 0 Å².